The first-order chi connectivity index (χ1) is 6.08. The standard InChI is InChI=1S/C8H13N3OS/c1-3-8(2,6(9)12)11-7-10-4-5-13-7/h4-5H,3H2,1-2H3,(H2,9,12)(H,10,11). The van der Waals surface area contributed by atoms with E-state index in [1.165, 1.54) is 11.3 Å². The van der Waals surface area contributed by atoms with Gasteiger partial charge in [0.15, 0.2) is 5.13 Å². The van der Waals surface area contributed by atoms with Gasteiger partial charge in [0, 0.05) is 11.6 Å². The Morgan fingerprint density at radius 1 is 1.85 bits per heavy atom. The molecule has 1 aromatic rings. The van der Waals surface area contributed by atoms with Gasteiger partial charge in [-0.1, -0.05) is 6.92 Å². The highest BCUT2D eigenvalue weighted by atomic mass is 32.1. The second-order valence-corrected chi connectivity index (χ2v) is 3.91. The van der Waals surface area contributed by atoms with Crippen LogP contribution in [0.4, 0.5) is 5.13 Å². The van der Waals surface area contributed by atoms with Crippen LogP contribution in [0.1, 0.15) is 20.3 Å². The normalized spacial score (nSPS) is 14.9. The third-order valence-corrected chi connectivity index (χ3v) is 2.75. The van der Waals surface area contributed by atoms with Crippen LogP contribution in [0.25, 0.3) is 0 Å². The van der Waals surface area contributed by atoms with E-state index < -0.39 is 5.54 Å². The van der Waals surface area contributed by atoms with Gasteiger partial charge in [-0.05, 0) is 13.3 Å². The van der Waals surface area contributed by atoms with E-state index in [1.54, 1.807) is 13.1 Å². The number of hydrogen-bond acceptors (Lipinski definition) is 4. The Balaban J connectivity index is 2.75. The number of anilines is 1. The van der Waals surface area contributed by atoms with Gasteiger partial charge < -0.3 is 11.1 Å². The number of nitrogens with zero attached hydrogens (tertiary/aromatic N) is 1. The van der Waals surface area contributed by atoms with Gasteiger partial charge in [0.2, 0.25) is 5.91 Å². The molecule has 0 aliphatic rings. The van der Waals surface area contributed by atoms with Gasteiger partial charge in [-0.2, -0.15) is 0 Å². The topological polar surface area (TPSA) is 68.0 Å². The molecule has 1 aromatic heterocycles. The molecule has 0 fully saturated rings. The maximum Gasteiger partial charge on any atom is 0.242 e. The maximum atomic E-state index is 11.1. The van der Waals surface area contributed by atoms with E-state index in [0.29, 0.717) is 6.42 Å². The maximum absolute atomic E-state index is 11.1. The zero-order chi connectivity index (χ0) is 9.90. The molecule has 72 valence electrons. The number of thiazole rings is 1. The van der Waals surface area contributed by atoms with Crippen molar-refractivity contribution < 1.29 is 4.79 Å². The van der Waals surface area contributed by atoms with Crippen molar-refractivity contribution in [3.63, 3.8) is 0 Å². The van der Waals surface area contributed by atoms with Crippen molar-refractivity contribution in [2.75, 3.05) is 5.32 Å². The highest BCUT2D eigenvalue weighted by molar-refractivity contribution is 7.13. The van der Waals surface area contributed by atoms with Crippen molar-refractivity contribution in [1.29, 1.82) is 0 Å². The molecular weight excluding hydrogens is 186 g/mol. The van der Waals surface area contributed by atoms with Crippen LogP contribution < -0.4 is 11.1 Å². The minimum Gasteiger partial charge on any atom is -0.368 e. The summed E-state index contributed by atoms with van der Waals surface area (Å²) >= 11 is 1.45. The number of primary amides is 1. The smallest absolute Gasteiger partial charge is 0.242 e. The van der Waals surface area contributed by atoms with Crippen LogP contribution in [0, 0.1) is 0 Å². The Labute approximate surface area is 81.2 Å². The predicted molar refractivity (Wildman–Crippen MR) is 53.6 cm³/mol. The van der Waals surface area contributed by atoms with Gasteiger partial charge in [0.1, 0.15) is 5.54 Å². The van der Waals surface area contributed by atoms with Gasteiger partial charge in [-0.25, -0.2) is 4.98 Å². The first-order valence-electron chi connectivity index (χ1n) is 4.06. The molecule has 13 heavy (non-hydrogen) atoms. The second-order valence-electron chi connectivity index (χ2n) is 3.01. The molecule has 1 rings (SSSR count). The Kier molecular flexibility index (Phi) is 2.87. The van der Waals surface area contributed by atoms with Crippen molar-refractivity contribution in [2.24, 2.45) is 5.73 Å². The number of amides is 1. The van der Waals surface area contributed by atoms with E-state index >= 15 is 0 Å². The molecule has 3 N–H and O–H groups in total. The third kappa shape index (κ3) is 2.18. The summed E-state index contributed by atoms with van der Waals surface area (Å²) in [4.78, 5) is 15.1. The number of hydrogen-bond donors (Lipinski definition) is 2. The number of aromatic nitrogens is 1. The Morgan fingerprint density at radius 2 is 2.54 bits per heavy atom. The second kappa shape index (κ2) is 3.74. The van der Waals surface area contributed by atoms with E-state index in [1.807, 2.05) is 12.3 Å². The lowest BCUT2D eigenvalue weighted by molar-refractivity contribution is -0.121. The van der Waals surface area contributed by atoms with Crippen molar-refractivity contribution in [3.8, 4) is 0 Å². The molecule has 1 amide bonds. The number of nitrogens with one attached hydrogen (secondary N) is 1. The highest BCUT2D eigenvalue weighted by Crippen LogP contribution is 2.19. The van der Waals surface area contributed by atoms with Crippen molar-refractivity contribution in [2.45, 2.75) is 25.8 Å². The van der Waals surface area contributed by atoms with Crippen molar-refractivity contribution in [1.82, 2.24) is 4.98 Å². The molecule has 1 unspecified atom stereocenters. The molecule has 4 nitrogen and oxygen atoms in total. The molecule has 0 saturated heterocycles. The summed E-state index contributed by atoms with van der Waals surface area (Å²) in [6.45, 7) is 3.68. The molecule has 0 aliphatic carbocycles. The van der Waals surface area contributed by atoms with E-state index in [9.17, 15) is 4.79 Å². The fourth-order valence-electron chi connectivity index (χ4n) is 0.845. The summed E-state index contributed by atoms with van der Waals surface area (Å²) in [5.41, 5.74) is 4.58. The molecular formula is C8H13N3OS. The monoisotopic (exact) mass is 199 g/mol. The van der Waals surface area contributed by atoms with Gasteiger partial charge in [0.05, 0.1) is 0 Å². The van der Waals surface area contributed by atoms with Gasteiger partial charge in [-0.15, -0.1) is 11.3 Å². The summed E-state index contributed by atoms with van der Waals surface area (Å²) in [7, 11) is 0. The van der Waals surface area contributed by atoms with Crippen LogP contribution in [0.15, 0.2) is 11.6 Å². The molecule has 1 atom stereocenters. The molecule has 0 aromatic carbocycles. The first-order valence-corrected chi connectivity index (χ1v) is 4.94. The minimum atomic E-state index is -0.697. The summed E-state index contributed by atoms with van der Waals surface area (Å²) in [6, 6.07) is 0. The molecule has 0 bridgehead atoms. The van der Waals surface area contributed by atoms with Gasteiger partial charge >= 0.3 is 0 Å². The molecule has 0 spiro atoms. The van der Waals surface area contributed by atoms with Crippen molar-refractivity contribution in [3.05, 3.63) is 11.6 Å². The molecule has 0 saturated carbocycles. The lowest BCUT2D eigenvalue weighted by atomic mass is 9.99. The molecule has 5 heteroatoms. The Morgan fingerprint density at radius 3 is 2.92 bits per heavy atom. The van der Waals surface area contributed by atoms with Crippen molar-refractivity contribution >= 4 is 22.4 Å². The molecule has 1 heterocycles. The van der Waals surface area contributed by atoms with Crippen LogP contribution in [-0.4, -0.2) is 16.4 Å². The summed E-state index contributed by atoms with van der Waals surface area (Å²) in [6.07, 6.45) is 2.33. The lowest BCUT2D eigenvalue weighted by Crippen LogP contribution is -2.47. The molecule has 0 radical (unpaired) electrons. The quantitative estimate of drug-likeness (QED) is 0.765. The predicted octanol–water partition coefficient (Wildman–Crippen LogP) is 1.21. The third-order valence-electron chi connectivity index (χ3n) is 2.07. The van der Waals surface area contributed by atoms with E-state index in [-0.39, 0.29) is 5.91 Å². The van der Waals surface area contributed by atoms with E-state index in [0.717, 1.165) is 5.13 Å². The largest absolute Gasteiger partial charge is 0.368 e. The minimum absolute atomic E-state index is 0.356. The van der Waals surface area contributed by atoms with Crippen LogP contribution in [0.5, 0.6) is 0 Å². The van der Waals surface area contributed by atoms with Crippen LogP contribution in [0.3, 0.4) is 0 Å². The number of nitrogens with two attached hydrogens (primary N) is 1. The summed E-state index contributed by atoms with van der Waals surface area (Å²) in [5, 5.41) is 5.59. The Hall–Kier alpha value is -1.10. The Bertz CT molecular complexity index is 286. The van der Waals surface area contributed by atoms with Gasteiger partial charge in [-0.3, -0.25) is 4.79 Å². The average molecular weight is 199 g/mol. The van der Waals surface area contributed by atoms with Gasteiger partial charge in [0.25, 0.3) is 0 Å². The van der Waals surface area contributed by atoms with E-state index in [2.05, 4.69) is 10.3 Å². The zero-order valence-electron chi connectivity index (χ0n) is 7.70. The first kappa shape index (κ1) is 9.98. The fourth-order valence-corrected chi connectivity index (χ4v) is 1.50. The SMILES string of the molecule is CCC(C)(Nc1nccs1)C(N)=O. The van der Waals surface area contributed by atoms with Crippen LogP contribution >= 0.6 is 11.3 Å². The fraction of sp³-hybridized carbons (Fsp3) is 0.500. The average Bonchev–Trinajstić information content (AvgIpc) is 2.56. The number of carbonyl (C=O) groups is 1. The summed E-state index contributed by atoms with van der Waals surface area (Å²) < 4.78 is 0. The molecule has 0 aliphatic heterocycles. The lowest BCUT2D eigenvalue weighted by Gasteiger charge is -2.25. The van der Waals surface area contributed by atoms with E-state index in [4.69, 9.17) is 5.73 Å². The van der Waals surface area contributed by atoms with Crippen LogP contribution in [-0.2, 0) is 4.79 Å². The highest BCUT2D eigenvalue weighted by Gasteiger charge is 2.29. The summed E-state index contributed by atoms with van der Waals surface area (Å²) in [5.74, 6) is -0.356. The van der Waals surface area contributed by atoms with Crippen LogP contribution in [0.2, 0.25) is 0 Å². The number of rotatable bonds is 4. The number of carbonyl (C=O) groups excluding carboxylic acids is 1. The zero-order valence-corrected chi connectivity index (χ0v) is 8.52.